The number of carbonyl (C=O) groups excluding carboxylic acids is 1. The number of hydrogen-bond donors (Lipinski definition) is 1. The Morgan fingerprint density at radius 2 is 1.78 bits per heavy atom. The maximum Gasteiger partial charge on any atom is 0.224 e. The Balaban J connectivity index is 0.00000126. The minimum absolute atomic E-state index is 0.0276. The lowest BCUT2D eigenvalue weighted by molar-refractivity contribution is -0.138. The molecule has 1 aliphatic heterocycles. The second-order valence-electron chi connectivity index (χ2n) is 6.55. The molecule has 0 aromatic heterocycles. The SMILES string of the molecule is CF.NC(CC(=O)N1CC(COc2ccccc2)C1)Cc1ccccc1F. The number of amides is 1. The third kappa shape index (κ3) is 6.32. The van der Waals surface area contributed by atoms with Crippen LogP contribution in [0, 0.1) is 11.7 Å². The quantitative estimate of drug-likeness (QED) is 0.807. The van der Waals surface area contributed by atoms with Gasteiger partial charge in [0.05, 0.1) is 13.8 Å². The van der Waals surface area contributed by atoms with Crippen molar-refractivity contribution in [3.8, 4) is 5.75 Å². The van der Waals surface area contributed by atoms with Crippen LogP contribution in [0.3, 0.4) is 0 Å². The molecule has 0 spiro atoms. The summed E-state index contributed by atoms with van der Waals surface area (Å²) in [6.45, 7) is 1.99. The molecule has 1 heterocycles. The van der Waals surface area contributed by atoms with Crippen LogP contribution >= 0.6 is 0 Å². The van der Waals surface area contributed by atoms with E-state index in [9.17, 15) is 13.6 Å². The van der Waals surface area contributed by atoms with Gasteiger partial charge in [-0.3, -0.25) is 9.18 Å². The number of carbonyl (C=O) groups is 1. The molecule has 27 heavy (non-hydrogen) atoms. The van der Waals surface area contributed by atoms with Crippen LogP contribution in [0.25, 0.3) is 0 Å². The van der Waals surface area contributed by atoms with Crippen LogP contribution in [0.4, 0.5) is 8.78 Å². The molecule has 0 aliphatic carbocycles. The topological polar surface area (TPSA) is 55.6 Å². The van der Waals surface area contributed by atoms with Crippen molar-refractivity contribution in [1.82, 2.24) is 4.90 Å². The van der Waals surface area contributed by atoms with E-state index in [0.717, 1.165) is 5.75 Å². The Bertz CT molecular complexity index is 706. The maximum atomic E-state index is 13.6. The summed E-state index contributed by atoms with van der Waals surface area (Å²) in [7, 11) is 0.500. The second-order valence-corrected chi connectivity index (χ2v) is 6.55. The molecule has 0 radical (unpaired) electrons. The third-order valence-corrected chi connectivity index (χ3v) is 4.42. The Morgan fingerprint density at radius 3 is 2.44 bits per heavy atom. The van der Waals surface area contributed by atoms with E-state index >= 15 is 0 Å². The predicted molar refractivity (Wildman–Crippen MR) is 102 cm³/mol. The summed E-state index contributed by atoms with van der Waals surface area (Å²) in [5.74, 6) is 0.957. The molecular formula is C21H26F2N2O2. The van der Waals surface area contributed by atoms with Crippen molar-refractivity contribution in [2.75, 3.05) is 26.9 Å². The first-order valence-corrected chi connectivity index (χ1v) is 8.94. The summed E-state index contributed by atoms with van der Waals surface area (Å²) in [5, 5.41) is 0. The molecule has 4 nitrogen and oxygen atoms in total. The molecule has 2 aromatic rings. The van der Waals surface area contributed by atoms with E-state index in [-0.39, 0.29) is 24.2 Å². The normalized spacial score (nSPS) is 14.6. The van der Waals surface area contributed by atoms with E-state index in [1.165, 1.54) is 6.07 Å². The van der Waals surface area contributed by atoms with Gasteiger partial charge >= 0.3 is 0 Å². The maximum absolute atomic E-state index is 13.6. The first kappa shape index (κ1) is 20.8. The Morgan fingerprint density at radius 1 is 1.15 bits per heavy atom. The summed E-state index contributed by atoms with van der Waals surface area (Å²) in [6, 6.07) is 15.8. The van der Waals surface area contributed by atoms with Crippen LogP contribution in [-0.2, 0) is 11.2 Å². The molecule has 6 heteroatoms. The number of alkyl halides is 1. The fourth-order valence-corrected chi connectivity index (χ4v) is 2.98. The molecule has 1 unspecified atom stereocenters. The van der Waals surface area contributed by atoms with Gasteiger partial charge < -0.3 is 15.4 Å². The van der Waals surface area contributed by atoms with Gasteiger partial charge in [-0.15, -0.1) is 0 Å². The lowest BCUT2D eigenvalue weighted by atomic mass is 9.98. The minimum atomic E-state index is -0.371. The van der Waals surface area contributed by atoms with Gasteiger partial charge in [0.25, 0.3) is 0 Å². The summed E-state index contributed by atoms with van der Waals surface area (Å²) in [6.07, 6.45) is 0.605. The van der Waals surface area contributed by atoms with E-state index in [1.807, 2.05) is 30.3 Å². The molecule has 2 N–H and O–H groups in total. The van der Waals surface area contributed by atoms with E-state index in [4.69, 9.17) is 10.5 Å². The van der Waals surface area contributed by atoms with Crippen molar-refractivity contribution in [2.24, 2.45) is 11.7 Å². The van der Waals surface area contributed by atoms with Crippen LogP contribution in [-0.4, -0.2) is 43.7 Å². The van der Waals surface area contributed by atoms with Crippen molar-refractivity contribution >= 4 is 5.91 Å². The van der Waals surface area contributed by atoms with E-state index in [0.29, 0.717) is 44.8 Å². The van der Waals surface area contributed by atoms with Crippen LogP contribution < -0.4 is 10.5 Å². The number of hydrogen-bond acceptors (Lipinski definition) is 3. The highest BCUT2D eigenvalue weighted by Crippen LogP contribution is 2.20. The van der Waals surface area contributed by atoms with Gasteiger partial charge in [-0.25, -0.2) is 4.39 Å². The van der Waals surface area contributed by atoms with Gasteiger partial charge in [-0.2, -0.15) is 0 Å². The largest absolute Gasteiger partial charge is 0.493 e. The lowest BCUT2D eigenvalue weighted by Crippen LogP contribution is -2.53. The average molecular weight is 376 g/mol. The first-order valence-electron chi connectivity index (χ1n) is 8.94. The minimum Gasteiger partial charge on any atom is -0.493 e. The second kappa shape index (κ2) is 10.6. The number of nitrogens with zero attached hydrogens (tertiary/aromatic N) is 1. The van der Waals surface area contributed by atoms with Crippen LogP contribution in [0.15, 0.2) is 54.6 Å². The number of likely N-dealkylation sites (tertiary alicyclic amines) is 1. The van der Waals surface area contributed by atoms with Crippen molar-refractivity contribution in [1.29, 1.82) is 0 Å². The number of halogens is 2. The van der Waals surface area contributed by atoms with Gasteiger partial charge in [0.2, 0.25) is 5.91 Å². The summed E-state index contributed by atoms with van der Waals surface area (Å²) < 4.78 is 28.8. The first-order chi connectivity index (χ1) is 13.1. The van der Waals surface area contributed by atoms with Crippen molar-refractivity contribution in [2.45, 2.75) is 18.9 Å². The Hall–Kier alpha value is -2.47. The molecule has 1 atom stereocenters. The van der Waals surface area contributed by atoms with Crippen LogP contribution in [0.1, 0.15) is 12.0 Å². The smallest absolute Gasteiger partial charge is 0.224 e. The average Bonchev–Trinajstić information content (AvgIpc) is 2.65. The number of nitrogens with two attached hydrogens (primary N) is 1. The third-order valence-electron chi connectivity index (χ3n) is 4.42. The summed E-state index contributed by atoms with van der Waals surface area (Å²) in [4.78, 5) is 14.0. The standard InChI is InChI=1S/C20H23FN2O2.CH3F/c21-19-9-5-4-6-16(19)10-17(22)11-20(24)23-12-15(13-23)14-25-18-7-2-1-3-8-18;1-2/h1-9,15,17H,10-14,22H2;1H3. The van der Waals surface area contributed by atoms with Gasteiger partial charge in [0, 0.05) is 31.5 Å². The molecule has 0 bridgehead atoms. The lowest BCUT2D eigenvalue weighted by Gasteiger charge is -2.39. The molecule has 0 saturated carbocycles. The molecule has 1 amide bonds. The zero-order chi connectivity index (χ0) is 19.6. The Kier molecular flexibility index (Phi) is 8.20. The fourth-order valence-electron chi connectivity index (χ4n) is 2.98. The fraction of sp³-hybridized carbons (Fsp3) is 0.381. The monoisotopic (exact) mass is 376 g/mol. The molecule has 146 valence electrons. The molecule has 3 rings (SSSR count). The number of ether oxygens (including phenoxy) is 1. The molecule has 1 fully saturated rings. The van der Waals surface area contributed by atoms with E-state index in [1.54, 1.807) is 23.1 Å². The summed E-state index contributed by atoms with van der Waals surface area (Å²) in [5.41, 5.74) is 6.58. The molecule has 1 saturated heterocycles. The van der Waals surface area contributed by atoms with Gasteiger partial charge in [-0.05, 0) is 30.2 Å². The predicted octanol–water partition coefficient (Wildman–Crippen LogP) is 3.21. The Labute approximate surface area is 158 Å². The highest BCUT2D eigenvalue weighted by molar-refractivity contribution is 5.77. The highest BCUT2D eigenvalue weighted by atomic mass is 19.1. The summed E-state index contributed by atoms with van der Waals surface area (Å²) >= 11 is 0. The van der Waals surface area contributed by atoms with Crippen LogP contribution in [0.5, 0.6) is 5.75 Å². The van der Waals surface area contributed by atoms with E-state index < -0.39 is 0 Å². The van der Waals surface area contributed by atoms with Gasteiger partial charge in [0.1, 0.15) is 11.6 Å². The zero-order valence-electron chi connectivity index (χ0n) is 15.5. The molecule has 2 aromatic carbocycles. The molecular weight excluding hydrogens is 350 g/mol. The van der Waals surface area contributed by atoms with Gasteiger partial charge in [0.15, 0.2) is 0 Å². The van der Waals surface area contributed by atoms with Crippen molar-refractivity contribution in [3.63, 3.8) is 0 Å². The van der Waals surface area contributed by atoms with Crippen molar-refractivity contribution in [3.05, 3.63) is 66.0 Å². The highest BCUT2D eigenvalue weighted by Gasteiger charge is 2.31. The molecule has 1 aliphatic rings. The zero-order valence-corrected chi connectivity index (χ0v) is 15.5. The number of para-hydroxylation sites is 1. The van der Waals surface area contributed by atoms with Gasteiger partial charge in [-0.1, -0.05) is 36.4 Å². The number of rotatable bonds is 7. The van der Waals surface area contributed by atoms with E-state index in [2.05, 4.69) is 0 Å². The number of benzene rings is 2. The van der Waals surface area contributed by atoms with Crippen molar-refractivity contribution < 1.29 is 18.3 Å². The van der Waals surface area contributed by atoms with Crippen LogP contribution in [0.2, 0.25) is 0 Å².